The van der Waals surface area contributed by atoms with Crippen molar-refractivity contribution in [2.45, 2.75) is 63.5 Å². The molecule has 0 amide bonds. The number of nitrogens with one attached hydrogen (secondary N) is 2. The Morgan fingerprint density at radius 1 is 1.03 bits per heavy atom. The molecule has 2 N–H and O–H groups in total. The van der Waals surface area contributed by atoms with Crippen LogP contribution in [0.15, 0.2) is 71.9 Å². The van der Waals surface area contributed by atoms with Gasteiger partial charge in [0.25, 0.3) is 5.85 Å². The van der Waals surface area contributed by atoms with Gasteiger partial charge in [0.05, 0.1) is 18.1 Å². The third-order valence-corrected chi connectivity index (χ3v) is 7.09. The van der Waals surface area contributed by atoms with Gasteiger partial charge >= 0.3 is 0 Å². The van der Waals surface area contributed by atoms with Crippen LogP contribution in [0.1, 0.15) is 40.5 Å². The van der Waals surface area contributed by atoms with E-state index in [9.17, 15) is 0 Å². The van der Waals surface area contributed by atoms with Crippen LogP contribution in [-0.4, -0.2) is 53.0 Å². The number of hydrogen-bond acceptors (Lipinski definition) is 7. The number of likely N-dealkylation sites (tertiary alicyclic amines) is 1. The van der Waals surface area contributed by atoms with Gasteiger partial charge in [0.2, 0.25) is 5.96 Å². The van der Waals surface area contributed by atoms with Gasteiger partial charge < -0.3 is 10.1 Å². The third-order valence-electron chi connectivity index (χ3n) is 7.09. The molecule has 4 rings (SSSR count). The van der Waals surface area contributed by atoms with Crippen molar-refractivity contribution in [3.05, 3.63) is 66.9 Å². The van der Waals surface area contributed by atoms with Crippen LogP contribution < -0.4 is 15.5 Å². The highest BCUT2D eigenvalue weighted by Crippen LogP contribution is 2.40. The van der Waals surface area contributed by atoms with E-state index >= 15 is 4.39 Å². The number of nitrogens with zero attached hydrogens (tertiary/aromatic N) is 4. The fourth-order valence-corrected chi connectivity index (χ4v) is 5.18. The van der Waals surface area contributed by atoms with Gasteiger partial charge in [-0.3, -0.25) is 20.1 Å². The van der Waals surface area contributed by atoms with Crippen molar-refractivity contribution in [1.29, 1.82) is 0 Å². The molecule has 3 heterocycles. The standard InChI is InChI=1S/C26H35FN6O/c1-24(2)15-20(16-25(3,4)32(24)5)31-26(34-6)22(27)18-29-23(30-19-11-8-7-9-12-19)33(26)21-13-10-14-28-17-21/h7-14,17-18,20,31H,15-16H2,1-6H3,(H,29,30). The lowest BCUT2D eigenvalue weighted by Gasteiger charge is -2.56. The van der Waals surface area contributed by atoms with Crippen molar-refractivity contribution in [2.24, 2.45) is 4.99 Å². The predicted octanol–water partition coefficient (Wildman–Crippen LogP) is 4.72. The minimum atomic E-state index is -1.59. The first kappa shape index (κ1) is 24.3. The summed E-state index contributed by atoms with van der Waals surface area (Å²) in [5, 5.41) is 6.88. The number of rotatable bonds is 5. The minimum Gasteiger partial charge on any atom is -0.340 e. The van der Waals surface area contributed by atoms with E-state index < -0.39 is 11.7 Å². The van der Waals surface area contributed by atoms with Gasteiger partial charge in [0, 0.05) is 36.1 Å². The maximum absolute atomic E-state index is 15.8. The third kappa shape index (κ3) is 4.45. The highest BCUT2D eigenvalue weighted by molar-refractivity contribution is 6.07. The largest absolute Gasteiger partial charge is 0.340 e. The molecule has 7 nitrogen and oxygen atoms in total. The second-order valence-corrected chi connectivity index (χ2v) is 10.2. The molecule has 2 aliphatic heterocycles. The van der Waals surface area contributed by atoms with E-state index in [0.717, 1.165) is 18.5 Å². The lowest BCUT2D eigenvalue weighted by atomic mass is 9.77. The second kappa shape index (κ2) is 9.09. The molecular weight excluding hydrogens is 431 g/mol. The van der Waals surface area contributed by atoms with Crippen molar-refractivity contribution in [2.75, 3.05) is 24.4 Å². The molecule has 2 aliphatic rings. The highest BCUT2D eigenvalue weighted by Gasteiger charge is 2.51. The Labute approximate surface area is 201 Å². The summed E-state index contributed by atoms with van der Waals surface area (Å²) in [4.78, 5) is 12.8. The molecule has 0 radical (unpaired) electrons. The van der Waals surface area contributed by atoms with Gasteiger partial charge in [-0.25, -0.2) is 9.38 Å². The normalized spacial score (nSPS) is 25.0. The number of ether oxygens (including phenoxy) is 1. The molecule has 1 saturated heterocycles. The summed E-state index contributed by atoms with van der Waals surface area (Å²) >= 11 is 0. The number of aliphatic imine (C=N–C) groups is 1. The summed E-state index contributed by atoms with van der Waals surface area (Å²) in [5.74, 6) is -1.68. The Balaban J connectivity index is 1.76. The van der Waals surface area contributed by atoms with Crippen LogP contribution in [0.5, 0.6) is 0 Å². The number of guanidine groups is 1. The highest BCUT2D eigenvalue weighted by atomic mass is 19.1. The number of pyridine rings is 1. The van der Waals surface area contributed by atoms with E-state index in [4.69, 9.17) is 4.74 Å². The number of benzene rings is 1. The summed E-state index contributed by atoms with van der Waals surface area (Å²) in [6.45, 7) is 8.88. The number of methoxy groups -OCH3 is 1. The van der Waals surface area contributed by atoms with Crippen molar-refractivity contribution in [1.82, 2.24) is 15.2 Å². The van der Waals surface area contributed by atoms with E-state index in [1.54, 1.807) is 17.3 Å². The quantitative estimate of drug-likeness (QED) is 0.622. The number of piperidine rings is 1. The zero-order chi connectivity index (χ0) is 24.6. The molecule has 1 unspecified atom stereocenters. The van der Waals surface area contributed by atoms with E-state index in [0.29, 0.717) is 11.6 Å². The number of para-hydroxylation sites is 1. The van der Waals surface area contributed by atoms with Crippen LogP contribution in [0.2, 0.25) is 0 Å². The topological polar surface area (TPSA) is 65.0 Å². The maximum Gasteiger partial charge on any atom is 0.261 e. The fourth-order valence-electron chi connectivity index (χ4n) is 5.18. The fraction of sp³-hybridized carbons (Fsp3) is 0.462. The molecule has 2 aromatic rings. The Hall–Kier alpha value is -2.81. The summed E-state index contributed by atoms with van der Waals surface area (Å²) in [6.07, 6.45) is 6.24. The lowest BCUT2D eigenvalue weighted by Crippen LogP contribution is -2.71. The van der Waals surface area contributed by atoms with Gasteiger partial charge in [0.15, 0.2) is 5.83 Å². The molecule has 182 valence electrons. The molecule has 1 aromatic heterocycles. The van der Waals surface area contributed by atoms with Crippen molar-refractivity contribution >= 4 is 17.3 Å². The van der Waals surface area contributed by atoms with Crippen LogP contribution in [0.4, 0.5) is 15.8 Å². The van der Waals surface area contributed by atoms with Crippen LogP contribution in [0.25, 0.3) is 0 Å². The van der Waals surface area contributed by atoms with Crippen LogP contribution >= 0.6 is 0 Å². The SMILES string of the molecule is COC1(NC2CC(C)(C)N(C)C(C)(C)C2)C(F)=CN=C(Nc2ccccc2)N1c1cccnc1. The Morgan fingerprint density at radius 3 is 2.29 bits per heavy atom. The van der Waals surface area contributed by atoms with Gasteiger partial charge in [-0.05, 0) is 71.8 Å². The van der Waals surface area contributed by atoms with Crippen molar-refractivity contribution < 1.29 is 9.13 Å². The van der Waals surface area contributed by atoms with Crippen molar-refractivity contribution in [3.63, 3.8) is 0 Å². The van der Waals surface area contributed by atoms with Gasteiger partial charge in [0.1, 0.15) is 0 Å². The van der Waals surface area contributed by atoms with Crippen LogP contribution in [0.3, 0.4) is 0 Å². The smallest absolute Gasteiger partial charge is 0.261 e. The molecular formula is C26H35FN6O. The van der Waals surface area contributed by atoms with Gasteiger partial charge in [-0.2, -0.15) is 0 Å². The number of aromatic nitrogens is 1. The molecule has 0 spiro atoms. The van der Waals surface area contributed by atoms with E-state index in [1.165, 1.54) is 13.3 Å². The van der Waals surface area contributed by atoms with Crippen LogP contribution in [0, 0.1) is 0 Å². The molecule has 0 aliphatic carbocycles. The first-order valence-corrected chi connectivity index (χ1v) is 11.6. The second-order valence-electron chi connectivity index (χ2n) is 10.2. The summed E-state index contributed by atoms with van der Waals surface area (Å²) in [5.41, 5.74) is 1.31. The minimum absolute atomic E-state index is 0.0180. The first-order chi connectivity index (χ1) is 16.1. The van der Waals surface area contributed by atoms with E-state index in [-0.39, 0.29) is 17.1 Å². The average molecular weight is 467 g/mol. The molecule has 0 saturated carbocycles. The number of hydrogen-bond donors (Lipinski definition) is 2. The number of anilines is 2. The van der Waals surface area contributed by atoms with E-state index in [1.807, 2.05) is 42.5 Å². The molecule has 8 heteroatoms. The first-order valence-electron chi connectivity index (χ1n) is 11.6. The zero-order valence-electron chi connectivity index (χ0n) is 20.8. The Bertz CT molecular complexity index is 1040. The number of halogens is 1. The lowest BCUT2D eigenvalue weighted by molar-refractivity contribution is -0.0660. The molecule has 1 atom stereocenters. The molecule has 34 heavy (non-hydrogen) atoms. The molecule has 1 fully saturated rings. The zero-order valence-corrected chi connectivity index (χ0v) is 20.8. The predicted molar refractivity (Wildman–Crippen MR) is 135 cm³/mol. The summed E-state index contributed by atoms with van der Waals surface area (Å²) in [7, 11) is 3.67. The molecule has 1 aromatic carbocycles. The van der Waals surface area contributed by atoms with Gasteiger partial charge in [-0.15, -0.1) is 0 Å². The summed E-state index contributed by atoms with van der Waals surface area (Å²) in [6, 6.07) is 13.3. The van der Waals surface area contributed by atoms with E-state index in [2.05, 4.69) is 60.3 Å². The maximum atomic E-state index is 15.8. The van der Waals surface area contributed by atoms with Crippen molar-refractivity contribution in [3.8, 4) is 0 Å². The Kier molecular flexibility index (Phi) is 6.50. The Morgan fingerprint density at radius 2 is 1.71 bits per heavy atom. The van der Waals surface area contributed by atoms with Gasteiger partial charge in [-0.1, -0.05) is 18.2 Å². The average Bonchev–Trinajstić information content (AvgIpc) is 2.80. The summed E-state index contributed by atoms with van der Waals surface area (Å²) < 4.78 is 21.8. The monoisotopic (exact) mass is 466 g/mol. The molecule has 0 bridgehead atoms. The van der Waals surface area contributed by atoms with Crippen LogP contribution in [-0.2, 0) is 4.74 Å².